The molecule has 3 aromatic rings. The number of nitrogens with zero attached hydrogens (tertiary/aromatic N) is 2. The zero-order valence-electron chi connectivity index (χ0n) is 16.5. The number of ether oxygens (including phenoxy) is 1. The van der Waals surface area contributed by atoms with Crippen LogP contribution in [0.4, 0.5) is 35.1 Å². The molecule has 0 saturated heterocycles. The molecule has 0 aliphatic rings. The van der Waals surface area contributed by atoms with E-state index in [0.717, 1.165) is 18.2 Å². The summed E-state index contributed by atoms with van der Waals surface area (Å²) in [6.45, 7) is 1.24. The topological polar surface area (TPSA) is 61.2 Å². The predicted octanol–water partition coefficient (Wildman–Crippen LogP) is 5.45. The van der Waals surface area contributed by atoms with E-state index >= 15 is 0 Å². The van der Waals surface area contributed by atoms with Crippen molar-refractivity contribution in [3.8, 4) is 22.7 Å². The molecule has 0 saturated carbocycles. The van der Waals surface area contributed by atoms with E-state index in [1.165, 1.54) is 6.92 Å². The molecule has 1 aromatic heterocycles. The van der Waals surface area contributed by atoms with Gasteiger partial charge in [-0.3, -0.25) is 0 Å². The molecule has 1 heterocycles. The average Bonchev–Trinajstić information content (AvgIpc) is 3.08. The molecule has 2 aromatic carbocycles. The Balaban J connectivity index is 2.27. The fraction of sp³-hybridized carbons (Fsp3) is 0.211. The fourth-order valence-electron chi connectivity index (χ4n) is 2.87. The number of hydrogen-bond donors (Lipinski definition) is 0. The molecule has 0 N–H and O–H groups in total. The van der Waals surface area contributed by atoms with Gasteiger partial charge in [0.05, 0.1) is 11.4 Å². The molecule has 0 amide bonds. The van der Waals surface area contributed by atoms with Crippen LogP contribution >= 0.6 is 0 Å². The lowest BCUT2D eigenvalue weighted by molar-refractivity contribution is -0.274. The Morgan fingerprint density at radius 2 is 1.58 bits per heavy atom. The molecule has 0 unspecified atom stereocenters. The van der Waals surface area contributed by atoms with Crippen molar-refractivity contribution in [1.82, 2.24) is 9.78 Å². The Kier molecular flexibility index (Phi) is 5.94. The largest absolute Gasteiger partial charge is 0.573 e. The highest BCUT2D eigenvalue weighted by molar-refractivity contribution is 7.90. The number of aryl methyl sites for hydroxylation is 1. The number of halogens is 8. The van der Waals surface area contributed by atoms with Crippen molar-refractivity contribution in [2.45, 2.75) is 24.4 Å². The number of aromatic nitrogens is 2. The lowest BCUT2D eigenvalue weighted by atomic mass is 10.1. The number of rotatable bonds is 4. The number of alkyl halides is 6. The molecule has 14 heteroatoms. The van der Waals surface area contributed by atoms with Crippen LogP contribution in [-0.2, 0) is 16.0 Å². The van der Waals surface area contributed by atoms with Crippen LogP contribution in [0.15, 0.2) is 41.3 Å². The van der Waals surface area contributed by atoms with E-state index in [-0.39, 0.29) is 11.6 Å². The summed E-state index contributed by atoms with van der Waals surface area (Å²) in [5.74, 6) is -3.60. The van der Waals surface area contributed by atoms with Crippen molar-refractivity contribution in [2.24, 2.45) is 0 Å². The van der Waals surface area contributed by atoms with Crippen molar-refractivity contribution in [1.29, 1.82) is 0 Å². The zero-order chi connectivity index (χ0) is 24.9. The minimum absolute atomic E-state index is 0.0180. The van der Waals surface area contributed by atoms with Crippen LogP contribution in [0.25, 0.3) is 16.9 Å². The van der Waals surface area contributed by atoms with E-state index in [4.69, 9.17) is 0 Å². The van der Waals surface area contributed by atoms with Gasteiger partial charge in [0.2, 0.25) is 0 Å². The number of hydrogen-bond acceptors (Lipinski definition) is 4. The molecule has 178 valence electrons. The highest BCUT2D eigenvalue weighted by Crippen LogP contribution is 2.36. The first-order valence-electron chi connectivity index (χ1n) is 8.71. The van der Waals surface area contributed by atoms with Crippen LogP contribution in [-0.4, -0.2) is 30.8 Å². The van der Waals surface area contributed by atoms with Crippen molar-refractivity contribution < 1.29 is 48.3 Å². The SMILES string of the molecule is Cc1ccc(-n2nc(C(F)(F)F)cc2-c2cc(F)c(S(C)(=O)=O)cc2F)cc1OC(F)(F)F. The first-order chi connectivity index (χ1) is 15.0. The van der Waals surface area contributed by atoms with Crippen LogP contribution in [0.1, 0.15) is 11.3 Å². The average molecular weight is 500 g/mol. The number of sulfone groups is 1. The van der Waals surface area contributed by atoms with Crippen LogP contribution in [0, 0.1) is 18.6 Å². The van der Waals surface area contributed by atoms with Crippen LogP contribution in [0.2, 0.25) is 0 Å². The third kappa shape index (κ3) is 5.26. The van der Waals surface area contributed by atoms with Gasteiger partial charge in [-0.2, -0.15) is 18.3 Å². The predicted molar refractivity (Wildman–Crippen MR) is 98.4 cm³/mol. The second kappa shape index (κ2) is 8.01. The Morgan fingerprint density at radius 3 is 2.12 bits per heavy atom. The van der Waals surface area contributed by atoms with Crippen molar-refractivity contribution in [3.63, 3.8) is 0 Å². The standard InChI is InChI=1S/C19H12F8N2O3S/c1-9-3-4-10(5-15(9)32-19(25,26)27)29-14(8-17(28-29)18(22,23)24)11-6-13(21)16(7-12(11)20)33(2,30)31/h3-8H,1-2H3. The molecule has 5 nitrogen and oxygen atoms in total. The minimum Gasteiger partial charge on any atom is -0.405 e. The van der Waals surface area contributed by atoms with Crippen molar-refractivity contribution in [2.75, 3.05) is 6.26 Å². The van der Waals surface area contributed by atoms with Crippen LogP contribution in [0.5, 0.6) is 5.75 Å². The van der Waals surface area contributed by atoms with E-state index in [0.29, 0.717) is 23.1 Å². The van der Waals surface area contributed by atoms with Gasteiger partial charge in [0, 0.05) is 17.9 Å². The van der Waals surface area contributed by atoms with E-state index in [9.17, 15) is 43.5 Å². The molecule has 33 heavy (non-hydrogen) atoms. The van der Waals surface area contributed by atoms with E-state index in [1.807, 2.05) is 0 Å². The van der Waals surface area contributed by atoms with Gasteiger partial charge in [-0.05, 0) is 36.8 Å². The lowest BCUT2D eigenvalue weighted by Gasteiger charge is -2.14. The summed E-state index contributed by atoms with van der Waals surface area (Å²) in [7, 11) is -4.20. The summed E-state index contributed by atoms with van der Waals surface area (Å²) in [6.07, 6.45) is -9.55. The first-order valence-corrected chi connectivity index (χ1v) is 10.6. The maximum Gasteiger partial charge on any atom is 0.573 e. The van der Waals surface area contributed by atoms with Crippen LogP contribution in [0.3, 0.4) is 0 Å². The summed E-state index contributed by atoms with van der Waals surface area (Å²) < 4.78 is 134. The fourth-order valence-corrected chi connectivity index (χ4v) is 3.60. The van der Waals surface area contributed by atoms with E-state index in [1.54, 1.807) is 0 Å². The Labute approximate surface area is 181 Å². The third-order valence-corrected chi connectivity index (χ3v) is 5.45. The molecule has 0 radical (unpaired) electrons. The highest BCUT2D eigenvalue weighted by atomic mass is 32.2. The third-order valence-electron chi connectivity index (χ3n) is 4.34. The van der Waals surface area contributed by atoms with E-state index < -0.39 is 67.3 Å². The second-order valence-electron chi connectivity index (χ2n) is 6.86. The summed E-state index contributed by atoms with van der Waals surface area (Å²) in [6, 6.07) is 3.91. The molecule has 0 atom stereocenters. The zero-order valence-corrected chi connectivity index (χ0v) is 17.3. The van der Waals surface area contributed by atoms with Crippen molar-refractivity contribution >= 4 is 9.84 Å². The maximum atomic E-state index is 14.7. The van der Waals surface area contributed by atoms with Gasteiger partial charge in [0.25, 0.3) is 0 Å². The van der Waals surface area contributed by atoms with Gasteiger partial charge in [-0.25, -0.2) is 21.9 Å². The molecule has 0 aliphatic heterocycles. The molecule has 0 bridgehead atoms. The first kappa shape index (κ1) is 24.5. The minimum atomic E-state index is -5.11. The number of benzene rings is 2. The van der Waals surface area contributed by atoms with Gasteiger partial charge < -0.3 is 4.74 Å². The summed E-state index contributed by atoms with van der Waals surface area (Å²) in [5.41, 5.74) is -3.46. The summed E-state index contributed by atoms with van der Waals surface area (Å²) >= 11 is 0. The molecule has 3 rings (SSSR count). The normalized spacial score (nSPS) is 12.8. The van der Waals surface area contributed by atoms with Crippen LogP contribution < -0.4 is 4.74 Å². The molecule has 0 fully saturated rings. The van der Waals surface area contributed by atoms with Gasteiger partial charge in [-0.15, -0.1) is 13.2 Å². The lowest BCUT2D eigenvalue weighted by Crippen LogP contribution is -2.18. The maximum absolute atomic E-state index is 14.7. The van der Waals surface area contributed by atoms with Gasteiger partial charge in [0.1, 0.15) is 22.3 Å². The van der Waals surface area contributed by atoms with Gasteiger partial charge in [-0.1, -0.05) is 6.07 Å². The monoisotopic (exact) mass is 500 g/mol. The van der Waals surface area contributed by atoms with Crippen molar-refractivity contribution in [3.05, 3.63) is 59.3 Å². The Hall–Kier alpha value is -3.16. The molecular weight excluding hydrogens is 488 g/mol. The Morgan fingerprint density at radius 1 is 0.939 bits per heavy atom. The molecular formula is C19H12F8N2O3S. The quantitative estimate of drug-likeness (QED) is 0.448. The molecule has 0 aliphatic carbocycles. The van der Waals surface area contributed by atoms with E-state index in [2.05, 4.69) is 9.84 Å². The Bertz CT molecular complexity index is 1330. The highest BCUT2D eigenvalue weighted by Gasteiger charge is 2.36. The second-order valence-corrected chi connectivity index (χ2v) is 8.84. The smallest absolute Gasteiger partial charge is 0.405 e. The summed E-state index contributed by atoms with van der Waals surface area (Å²) in [5, 5.41) is 3.28. The van der Waals surface area contributed by atoms with Gasteiger partial charge >= 0.3 is 12.5 Å². The van der Waals surface area contributed by atoms with Gasteiger partial charge in [0.15, 0.2) is 15.5 Å². The summed E-state index contributed by atoms with van der Waals surface area (Å²) in [4.78, 5) is -1.03. The molecule has 0 spiro atoms.